The van der Waals surface area contributed by atoms with Crippen molar-refractivity contribution in [3.05, 3.63) is 48.0 Å². The largest absolute Gasteiger partial charge is 0.481 e. The van der Waals surface area contributed by atoms with E-state index in [2.05, 4.69) is 24.3 Å². The molecule has 0 saturated carbocycles. The predicted molar refractivity (Wildman–Crippen MR) is 95.6 cm³/mol. The Morgan fingerprint density at radius 1 is 1.04 bits per heavy atom. The minimum Gasteiger partial charge on any atom is -0.481 e. The number of epoxide rings is 1. The molecule has 3 aliphatic rings. The SMILES string of the molecule is O=C(O)CCC/C=C\C[C@H]1[C@@H](COCc2ccccc2)[C@@H]2O[C@H]1[C@@H]1O[C@@H]12. The summed E-state index contributed by atoms with van der Waals surface area (Å²) < 4.78 is 17.9. The van der Waals surface area contributed by atoms with Gasteiger partial charge in [0.05, 0.1) is 25.4 Å². The molecule has 0 amide bonds. The number of carboxylic acids is 1. The second-order valence-electron chi connectivity index (χ2n) is 7.45. The number of unbranched alkanes of at least 4 members (excludes halogenated alkanes) is 1. The molecule has 2 bridgehead atoms. The van der Waals surface area contributed by atoms with Crippen molar-refractivity contribution in [3.8, 4) is 0 Å². The third-order valence-electron chi connectivity index (χ3n) is 5.68. The second-order valence-corrected chi connectivity index (χ2v) is 7.45. The highest BCUT2D eigenvalue weighted by molar-refractivity contribution is 5.66. The summed E-state index contributed by atoms with van der Waals surface area (Å²) in [5.41, 5.74) is 1.19. The first-order chi connectivity index (χ1) is 12.7. The molecule has 1 N–H and O–H groups in total. The van der Waals surface area contributed by atoms with Crippen molar-refractivity contribution in [2.24, 2.45) is 11.8 Å². The monoisotopic (exact) mass is 358 g/mol. The van der Waals surface area contributed by atoms with Gasteiger partial charge in [-0.15, -0.1) is 0 Å². The number of rotatable bonds is 10. The van der Waals surface area contributed by atoms with Crippen LogP contribution >= 0.6 is 0 Å². The Morgan fingerprint density at radius 3 is 2.54 bits per heavy atom. The van der Waals surface area contributed by atoms with Crippen LogP contribution in [0.4, 0.5) is 0 Å². The molecule has 3 heterocycles. The number of aliphatic carboxylic acids is 1. The normalized spacial score (nSPS) is 34.3. The van der Waals surface area contributed by atoms with Gasteiger partial charge in [-0.1, -0.05) is 42.5 Å². The quantitative estimate of drug-likeness (QED) is 0.395. The molecule has 6 atom stereocenters. The zero-order valence-electron chi connectivity index (χ0n) is 14.8. The molecule has 5 heteroatoms. The van der Waals surface area contributed by atoms with Crippen molar-refractivity contribution in [2.75, 3.05) is 6.61 Å². The van der Waals surface area contributed by atoms with E-state index in [1.165, 1.54) is 5.56 Å². The number of benzene rings is 1. The van der Waals surface area contributed by atoms with Crippen molar-refractivity contribution < 1.29 is 24.1 Å². The minimum absolute atomic E-state index is 0.172. The molecule has 4 rings (SSSR count). The van der Waals surface area contributed by atoms with E-state index in [1.807, 2.05) is 18.2 Å². The zero-order chi connectivity index (χ0) is 17.9. The molecule has 1 aromatic rings. The van der Waals surface area contributed by atoms with Gasteiger partial charge < -0.3 is 19.3 Å². The van der Waals surface area contributed by atoms with Crippen LogP contribution in [0.25, 0.3) is 0 Å². The van der Waals surface area contributed by atoms with Gasteiger partial charge >= 0.3 is 5.97 Å². The van der Waals surface area contributed by atoms with Crippen molar-refractivity contribution in [1.82, 2.24) is 0 Å². The molecular weight excluding hydrogens is 332 g/mol. The highest BCUT2D eigenvalue weighted by atomic mass is 16.7. The summed E-state index contributed by atoms with van der Waals surface area (Å²) in [6.45, 7) is 1.32. The van der Waals surface area contributed by atoms with Crippen LogP contribution < -0.4 is 0 Å². The Morgan fingerprint density at radius 2 is 1.77 bits per heavy atom. The molecule has 3 saturated heterocycles. The van der Waals surface area contributed by atoms with Gasteiger partial charge in [0.25, 0.3) is 0 Å². The maximum Gasteiger partial charge on any atom is 0.303 e. The van der Waals surface area contributed by atoms with Crippen LogP contribution in [0.1, 0.15) is 31.2 Å². The molecule has 26 heavy (non-hydrogen) atoms. The summed E-state index contributed by atoms with van der Waals surface area (Å²) in [5.74, 6) is 0.0684. The van der Waals surface area contributed by atoms with Gasteiger partial charge in [-0.25, -0.2) is 0 Å². The van der Waals surface area contributed by atoms with Crippen LogP contribution in [-0.4, -0.2) is 42.1 Å². The molecule has 5 nitrogen and oxygen atoms in total. The summed E-state index contributed by atoms with van der Waals surface area (Å²) in [5, 5.41) is 8.68. The van der Waals surface area contributed by atoms with Crippen LogP contribution in [0, 0.1) is 11.8 Å². The average molecular weight is 358 g/mol. The maximum absolute atomic E-state index is 10.5. The van der Waals surface area contributed by atoms with Crippen LogP contribution in [0.3, 0.4) is 0 Å². The van der Waals surface area contributed by atoms with Gasteiger partial charge in [-0.3, -0.25) is 4.79 Å². The van der Waals surface area contributed by atoms with Crippen LogP contribution in [0.2, 0.25) is 0 Å². The van der Waals surface area contributed by atoms with Gasteiger partial charge in [0.2, 0.25) is 0 Å². The fourth-order valence-corrected chi connectivity index (χ4v) is 4.33. The Hall–Kier alpha value is -1.69. The van der Waals surface area contributed by atoms with Crippen molar-refractivity contribution in [3.63, 3.8) is 0 Å². The van der Waals surface area contributed by atoms with E-state index in [1.54, 1.807) is 0 Å². The molecule has 3 fully saturated rings. The second kappa shape index (κ2) is 7.91. The number of fused-ring (bicyclic) bond motifs is 5. The molecule has 1 aromatic carbocycles. The molecule has 0 aromatic heterocycles. The van der Waals surface area contributed by atoms with Gasteiger partial charge in [0, 0.05) is 12.3 Å². The Balaban J connectivity index is 1.27. The third-order valence-corrected chi connectivity index (χ3v) is 5.68. The number of allylic oxidation sites excluding steroid dienone is 2. The molecule has 0 radical (unpaired) electrons. The lowest BCUT2D eigenvalue weighted by Gasteiger charge is -2.25. The van der Waals surface area contributed by atoms with Crippen LogP contribution in [0.15, 0.2) is 42.5 Å². The Bertz CT molecular complexity index is 643. The summed E-state index contributed by atoms with van der Waals surface area (Å²) in [4.78, 5) is 10.5. The molecule has 0 spiro atoms. The van der Waals surface area contributed by atoms with E-state index in [9.17, 15) is 4.79 Å². The maximum atomic E-state index is 10.5. The first-order valence-electron chi connectivity index (χ1n) is 9.53. The fourth-order valence-electron chi connectivity index (χ4n) is 4.33. The lowest BCUT2D eigenvalue weighted by Crippen LogP contribution is -2.35. The average Bonchev–Trinajstić information content (AvgIpc) is 3.27. The van der Waals surface area contributed by atoms with Gasteiger partial charge in [0.15, 0.2) is 0 Å². The molecular formula is C21H26O5. The summed E-state index contributed by atoms with van der Waals surface area (Å²) >= 11 is 0. The first-order valence-corrected chi connectivity index (χ1v) is 9.53. The first kappa shape index (κ1) is 17.7. The number of hydrogen-bond donors (Lipinski definition) is 1. The lowest BCUT2D eigenvalue weighted by atomic mass is 9.78. The molecule has 140 valence electrons. The zero-order valence-corrected chi connectivity index (χ0v) is 14.8. The molecule has 0 unspecified atom stereocenters. The van der Waals surface area contributed by atoms with E-state index in [0.29, 0.717) is 31.5 Å². The minimum atomic E-state index is -0.729. The Kier molecular flexibility index (Phi) is 5.38. The number of carbonyl (C=O) groups is 1. The van der Waals surface area contributed by atoms with E-state index in [4.69, 9.17) is 19.3 Å². The number of hydrogen-bond acceptors (Lipinski definition) is 4. The van der Waals surface area contributed by atoms with Crippen LogP contribution in [-0.2, 0) is 25.6 Å². The van der Waals surface area contributed by atoms with E-state index in [-0.39, 0.29) is 30.8 Å². The standard InChI is InChI=1S/C21H26O5/c22-17(23)11-7-2-1-6-10-15-16(19-21-20(26-21)18(15)25-19)13-24-12-14-8-4-3-5-9-14/h1,3-6,8-9,15-16,18-21H,2,7,10-13H2,(H,22,23)/b6-1-/t15-,16+,18+,19-,20-,21+/m0/s1. The van der Waals surface area contributed by atoms with Gasteiger partial charge in [-0.2, -0.15) is 0 Å². The Labute approximate surface area is 153 Å². The van der Waals surface area contributed by atoms with Crippen molar-refractivity contribution in [2.45, 2.75) is 56.7 Å². The van der Waals surface area contributed by atoms with Gasteiger partial charge in [0.1, 0.15) is 12.2 Å². The topological polar surface area (TPSA) is 68.3 Å². The predicted octanol–water partition coefficient (Wildman–Crippen LogP) is 3.19. The number of carboxylic acid groups (broad SMARTS) is 1. The highest BCUT2D eigenvalue weighted by Gasteiger charge is 2.68. The summed E-state index contributed by atoms with van der Waals surface area (Å²) in [7, 11) is 0. The van der Waals surface area contributed by atoms with Gasteiger partial charge in [-0.05, 0) is 30.7 Å². The molecule has 0 aliphatic carbocycles. The van der Waals surface area contributed by atoms with Crippen molar-refractivity contribution >= 4 is 5.97 Å². The van der Waals surface area contributed by atoms with E-state index < -0.39 is 5.97 Å². The van der Waals surface area contributed by atoms with E-state index >= 15 is 0 Å². The van der Waals surface area contributed by atoms with Crippen LogP contribution in [0.5, 0.6) is 0 Å². The summed E-state index contributed by atoms with van der Waals surface area (Å²) in [6.07, 6.45) is 7.89. The van der Waals surface area contributed by atoms with E-state index in [0.717, 1.165) is 12.8 Å². The number of ether oxygens (including phenoxy) is 3. The fraction of sp³-hybridized carbons (Fsp3) is 0.571. The highest BCUT2D eigenvalue weighted by Crippen LogP contribution is 2.54. The molecule has 3 aliphatic heterocycles. The van der Waals surface area contributed by atoms with Crippen molar-refractivity contribution in [1.29, 1.82) is 0 Å². The lowest BCUT2D eigenvalue weighted by molar-refractivity contribution is -0.137. The summed E-state index contributed by atoms with van der Waals surface area (Å²) in [6, 6.07) is 10.2. The third kappa shape index (κ3) is 3.85. The smallest absolute Gasteiger partial charge is 0.303 e.